The Bertz CT molecular complexity index is 390. The maximum absolute atomic E-state index is 3.65. The molecule has 0 radical (unpaired) electrons. The van der Waals surface area contributed by atoms with Crippen molar-refractivity contribution in [3.63, 3.8) is 0 Å². The smallest absolute Gasteiger partial charge is 0.0208 e. The minimum Gasteiger partial charge on any atom is -0.309 e. The summed E-state index contributed by atoms with van der Waals surface area (Å²) in [6.45, 7) is 5.71. The highest BCUT2D eigenvalue weighted by molar-refractivity contribution is 5.29. The minimum atomic E-state index is 0.536. The summed E-state index contributed by atoms with van der Waals surface area (Å²) in [6.07, 6.45) is 4.12. The van der Waals surface area contributed by atoms with Crippen LogP contribution in [0.25, 0.3) is 0 Å². The third-order valence-corrected chi connectivity index (χ3v) is 4.07. The van der Waals surface area contributed by atoms with Gasteiger partial charge in [-0.25, -0.2) is 0 Å². The zero-order valence-corrected chi connectivity index (χ0v) is 10.3. The van der Waals surface area contributed by atoms with Crippen molar-refractivity contribution in [1.29, 1.82) is 0 Å². The van der Waals surface area contributed by atoms with Gasteiger partial charge < -0.3 is 5.32 Å². The van der Waals surface area contributed by atoms with E-state index in [1.165, 1.54) is 24.8 Å². The highest BCUT2D eigenvalue weighted by atomic mass is 15.0. The maximum Gasteiger partial charge on any atom is 0.0208 e. The molecule has 0 spiro atoms. The fourth-order valence-electron chi connectivity index (χ4n) is 2.43. The summed E-state index contributed by atoms with van der Waals surface area (Å²) in [7, 11) is 0. The molecule has 2 fully saturated rings. The molecule has 16 heavy (non-hydrogen) atoms. The summed E-state index contributed by atoms with van der Waals surface area (Å²) in [4.78, 5) is 0. The van der Waals surface area contributed by atoms with E-state index in [-0.39, 0.29) is 0 Å². The van der Waals surface area contributed by atoms with Crippen molar-refractivity contribution in [3.8, 4) is 0 Å². The Labute approximate surface area is 98.3 Å². The van der Waals surface area contributed by atoms with Crippen LogP contribution in [-0.2, 0) is 6.54 Å². The van der Waals surface area contributed by atoms with Gasteiger partial charge >= 0.3 is 0 Å². The number of nitrogens with one attached hydrogen (secondary N) is 1. The first-order chi connectivity index (χ1) is 7.65. The van der Waals surface area contributed by atoms with Crippen molar-refractivity contribution in [2.75, 3.05) is 0 Å². The van der Waals surface area contributed by atoms with Crippen LogP contribution in [0.1, 0.15) is 50.2 Å². The first kappa shape index (κ1) is 10.3. The highest BCUT2D eigenvalue weighted by Crippen LogP contribution is 2.44. The fraction of sp³-hybridized carbons (Fsp3) is 0.600. The highest BCUT2D eigenvalue weighted by Gasteiger charge is 2.44. The largest absolute Gasteiger partial charge is 0.309 e. The van der Waals surface area contributed by atoms with Crippen LogP contribution >= 0.6 is 0 Å². The van der Waals surface area contributed by atoms with E-state index in [0.29, 0.717) is 5.41 Å². The van der Waals surface area contributed by atoms with Crippen molar-refractivity contribution < 1.29 is 0 Å². The average molecular weight is 215 g/mol. The molecule has 1 unspecified atom stereocenters. The first-order valence-corrected chi connectivity index (χ1v) is 6.47. The third-order valence-electron chi connectivity index (χ3n) is 4.07. The van der Waals surface area contributed by atoms with Crippen molar-refractivity contribution in [2.45, 2.75) is 51.6 Å². The lowest BCUT2D eigenvalue weighted by molar-refractivity contribution is 0.542. The van der Waals surface area contributed by atoms with Crippen LogP contribution in [0.2, 0.25) is 0 Å². The van der Waals surface area contributed by atoms with Gasteiger partial charge in [0, 0.05) is 12.6 Å². The molecule has 1 nitrogen and oxygen atoms in total. The van der Waals surface area contributed by atoms with Gasteiger partial charge in [-0.2, -0.15) is 0 Å². The van der Waals surface area contributed by atoms with Gasteiger partial charge in [-0.3, -0.25) is 0 Å². The standard InChI is InChI=1S/C15H21N/c1-15(2)9-14(15)16-10-11-4-3-5-13(8-11)12-6-7-12/h3-5,8,12,14,16H,6-7,9-10H2,1-2H3. The van der Waals surface area contributed by atoms with Crippen LogP contribution in [0, 0.1) is 5.41 Å². The van der Waals surface area contributed by atoms with Crippen LogP contribution in [0.15, 0.2) is 24.3 Å². The van der Waals surface area contributed by atoms with E-state index in [2.05, 4.69) is 43.4 Å². The molecule has 2 saturated carbocycles. The molecule has 1 aromatic rings. The van der Waals surface area contributed by atoms with Crippen LogP contribution in [0.3, 0.4) is 0 Å². The van der Waals surface area contributed by atoms with E-state index in [9.17, 15) is 0 Å². The molecule has 86 valence electrons. The topological polar surface area (TPSA) is 12.0 Å². The molecular weight excluding hydrogens is 194 g/mol. The quantitative estimate of drug-likeness (QED) is 0.811. The molecule has 0 bridgehead atoms. The Morgan fingerprint density at radius 1 is 1.31 bits per heavy atom. The van der Waals surface area contributed by atoms with Gasteiger partial charge in [0.05, 0.1) is 0 Å². The number of hydrogen-bond donors (Lipinski definition) is 1. The molecule has 0 saturated heterocycles. The predicted molar refractivity (Wildman–Crippen MR) is 67.4 cm³/mol. The van der Waals surface area contributed by atoms with Crippen LogP contribution in [0.5, 0.6) is 0 Å². The third kappa shape index (κ3) is 2.15. The molecule has 0 aliphatic heterocycles. The fourth-order valence-corrected chi connectivity index (χ4v) is 2.43. The molecule has 2 aliphatic rings. The SMILES string of the molecule is CC1(C)CC1NCc1cccc(C2CC2)c1. The summed E-state index contributed by atoms with van der Waals surface area (Å²) in [5.74, 6) is 0.873. The molecule has 0 heterocycles. The summed E-state index contributed by atoms with van der Waals surface area (Å²) in [5, 5.41) is 3.65. The first-order valence-electron chi connectivity index (χ1n) is 6.47. The summed E-state index contributed by atoms with van der Waals surface area (Å²) < 4.78 is 0. The van der Waals surface area contributed by atoms with Crippen LogP contribution in [0.4, 0.5) is 0 Å². The molecule has 1 N–H and O–H groups in total. The van der Waals surface area contributed by atoms with E-state index in [1.807, 2.05) is 0 Å². The van der Waals surface area contributed by atoms with Gasteiger partial charge in [-0.05, 0) is 41.7 Å². The molecular formula is C15H21N. The van der Waals surface area contributed by atoms with Crippen molar-refractivity contribution in [2.24, 2.45) is 5.41 Å². The molecule has 0 aromatic heterocycles. The zero-order valence-electron chi connectivity index (χ0n) is 10.3. The second-order valence-electron chi connectivity index (χ2n) is 6.15. The van der Waals surface area contributed by atoms with Gasteiger partial charge in [0.1, 0.15) is 0 Å². The zero-order chi connectivity index (χ0) is 11.2. The normalized spacial score (nSPS) is 26.8. The summed E-state index contributed by atoms with van der Waals surface area (Å²) >= 11 is 0. The predicted octanol–water partition coefficient (Wildman–Crippen LogP) is 3.45. The summed E-state index contributed by atoms with van der Waals surface area (Å²) in [5.41, 5.74) is 3.54. The van der Waals surface area contributed by atoms with Crippen molar-refractivity contribution in [3.05, 3.63) is 35.4 Å². The van der Waals surface area contributed by atoms with Crippen LogP contribution in [-0.4, -0.2) is 6.04 Å². The Balaban J connectivity index is 1.59. The maximum atomic E-state index is 3.65. The molecule has 1 atom stereocenters. The molecule has 3 rings (SSSR count). The lowest BCUT2D eigenvalue weighted by Crippen LogP contribution is -2.19. The van der Waals surface area contributed by atoms with Gasteiger partial charge in [-0.15, -0.1) is 0 Å². The molecule has 2 aliphatic carbocycles. The Morgan fingerprint density at radius 2 is 2.06 bits per heavy atom. The molecule has 0 amide bonds. The van der Waals surface area contributed by atoms with Crippen molar-refractivity contribution in [1.82, 2.24) is 5.32 Å². The van der Waals surface area contributed by atoms with Gasteiger partial charge in [0.25, 0.3) is 0 Å². The molecule has 1 aromatic carbocycles. The van der Waals surface area contributed by atoms with E-state index >= 15 is 0 Å². The van der Waals surface area contributed by atoms with Gasteiger partial charge in [0.15, 0.2) is 0 Å². The van der Waals surface area contributed by atoms with E-state index in [4.69, 9.17) is 0 Å². The van der Waals surface area contributed by atoms with E-state index < -0.39 is 0 Å². The lowest BCUT2D eigenvalue weighted by atomic mass is 10.1. The average Bonchev–Trinajstić information content (AvgIpc) is 3.13. The molecule has 1 heteroatoms. The Morgan fingerprint density at radius 3 is 2.69 bits per heavy atom. The monoisotopic (exact) mass is 215 g/mol. The Kier molecular flexibility index (Phi) is 2.32. The minimum absolute atomic E-state index is 0.536. The second kappa shape index (κ2) is 3.59. The number of hydrogen-bond acceptors (Lipinski definition) is 1. The Hall–Kier alpha value is -0.820. The second-order valence-corrected chi connectivity index (χ2v) is 6.15. The van der Waals surface area contributed by atoms with E-state index in [0.717, 1.165) is 18.5 Å². The van der Waals surface area contributed by atoms with E-state index in [1.54, 1.807) is 5.56 Å². The summed E-state index contributed by atoms with van der Waals surface area (Å²) in [6, 6.07) is 9.86. The van der Waals surface area contributed by atoms with Crippen LogP contribution < -0.4 is 5.32 Å². The lowest BCUT2D eigenvalue weighted by Gasteiger charge is -2.08. The number of benzene rings is 1. The van der Waals surface area contributed by atoms with Crippen molar-refractivity contribution >= 4 is 0 Å². The van der Waals surface area contributed by atoms with Gasteiger partial charge in [-0.1, -0.05) is 38.1 Å². The number of rotatable bonds is 4. The van der Waals surface area contributed by atoms with Gasteiger partial charge in [0.2, 0.25) is 0 Å².